The number of carbonyl (C=O) groups is 1. The smallest absolute Gasteiger partial charge is 0.339 e. The minimum atomic E-state index is -1.54. The van der Waals surface area contributed by atoms with Crippen LogP contribution in [0.4, 0.5) is 0 Å². The summed E-state index contributed by atoms with van der Waals surface area (Å²) < 4.78 is 4.83. The van der Waals surface area contributed by atoms with E-state index in [0.717, 1.165) is 19.3 Å². The van der Waals surface area contributed by atoms with Crippen molar-refractivity contribution in [1.29, 1.82) is 0 Å². The van der Waals surface area contributed by atoms with Crippen LogP contribution in [0.2, 0.25) is 0 Å². The molecule has 0 aromatic rings. The van der Waals surface area contributed by atoms with Crippen molar-refractivity contribution < 1.29 is 14.6 Å². The Kier molecular flexibility index (Phi) is 5.66. The van der Waals surface area contributed by atoms with E-state index in [4.69, 9.17) is 10.5 Å². The van der Waals surface area contributed by atoms with Gasteiger partial charge in [0.25, 0.3) is 0 Å². The van der Waals surface area contributed by atoms with Crippen LogP contribution in [0.1, 0.15) is 33.1 Å². The molecule has 4 nitrogen and oxygen atoms in total. The summed E-state index contributed by atoms with van der Waals surface area (Å²) in [5.41, 5.74) is 3.65. The third-order valence-electron chi connectivity index (χ3n) is 1.82. The first-order chi connectivity index (χ1) is 6.04. The molecule has 0 aromatic carbocycles. The first-order valence-corrected chi connectivity index (χ1v) is 4.64. The van der Waals surface area contributed by atoms with Crippen molar-refractivity contribution in [2.45, 2.75) is 38.7 Å². The Hall–Kier alpha value is -0.610. The molecule has 1 unspecified atom stereocenters. The van der Waals surface area contributed by atoms with Crippen molar-refractivity contribution in [3.05, 3.63) is 0 Å². The first kappa shape index (κ1) is 12.4. The van der Waals surface area contributed by atoms with Gasteiger partial charge in [-0.3, -0.25) is 0 Å². The fourth-order valence-electron chi connectivity index (χ4n) is 0.756. The van der Waals surface area contributed by atoms with E-state index in [-0.39, 0.29) is 6.54 Å². The van der Waals surface area contributed by atoms with Gasteiger partial charge < -0.3 is 15.6 Å². The largest absolute Gasteiger partial charge is 0.464 e. The quantitative estimate of drug-likeness (QED) is 0.469. The standard InChI is InChI=1S/C9H19NO3/c1-3-4-5-6-13-8(11)9(2,12)7-10/h12H,3-7,10H2,1-2H3. The van der Waals surface area contributed by atoms with Crippen molar-refractivity contribution in [3.8, 4) is 0 Å². The third-order valence-corrected chi connectivity index (χ3v) is 1.82. The van der Waals surface area contributed by atoms with Gasteiger partial charge in [-0.15, -0.1) is 0 Å². The number of aliphatic hydroxyl groups is 1. The minimum absolute atomic E-state index is 0.111. The van der Waals surface area contributed by atoms with Crippen LogP contribution in [0, 0.1) is 0 Å². The molecular weight excluding hydrogens is 170 g/mol. The van der Waals surface area contributed by atoms with Crippen LogP contribution in [0.15, 0.2) is 0 Å². The summed E-state index contributed by atoms with van der Waals surface area (Å²) in [4.78, 5) is 11.1. The molecule has 0 saturated heterocycles. The molecule has 0 radical (unpaired) electrons. The van der Waals surface area contributed by atoms with Crippen LogP contribution in [0.5, 0.6) is 0 Å². The van der Waals surface area contributed by atoms with Crippen LogP contribution in [0.25, 0.3) is 0 Å². The number of rotatable bonds is 6. The highest BCUT2D eigenvalue weighted by molar-refractivity contribution is 5.78. The summed E-state index contributed by atoms with van der Waals surface area (Å²) in [5.74, 6) is -0.633. The molecule has 78 valence electrons. The molecule has 0 heterocycles. The maximum atomic E-state index is 11.1. The molecule has 0 rings (SSSR count). The number of ether oxygens (including phenoxy) is 1. The Bertz CT molecular complexity index is 157. The fourth-order valence-corrected chi connectivity index (χ4v) is 0.756. The highest BCUT2D eigenvalue weighted by Crippen LogP contribution is 2.04. The van der Waals surface area contributed by atoms with Crippen LogP contribution >= 0.6 is 0 Å². The number of unbranched alkanes of at least 4 members (excludes halogenated alkanes) is 2. The first-order valence-electron chi connectivity index (χ1n) is 4.64. The molecule has 3 N–H and O–H groups in total. The Balaban J connectivity index is 3.62. The van der Waals surface area contributed by atoms with E-state index in [2.05, 4.69) is 6.92 Å². The van der Waals surface area contributed by atoms with Gasteiger partial charge in [0.1, 0.15) is 0 Å². The molecule has 0 fully saturated rings. The molecule has 0 saturated carbocycles. The molecule has 0 aliphatic carbocycles. The van der Waals surface area contributed by atoms with Crippen molar-refractivity contribution in [3.63, 3.8) is 0 Å². The van der Waals surface area contributed by atoms with Gasteiger partial charge >= 0.3 is 5.97 Å². The van der Waals surface area contributed by atoms with E-state index in [0.29, 0.717) is 6.61 Å². The van der Waals surface area contributed by atoms with Crippen molar-refractivity contribution in [2.24, 2.45) is 5.73 Å². The van der Waals surface area contributed by atoms with Crippen LogP contribution in [-0.4, -0.2) is 29.8 Å². The van der Waals surface area contributed by atoms with Gasteiger partial charge in [-0.05, 0) is 13.3 Å². The molecule has 0 aliphatic heterocycles. The second-order valence-corrected chi connectivity index (χ2v) is 3.32. The van der Waals surface area contributed by atoms with E-state index in [1.165, 1.54) is 6.92 Å². The predicted octanol–water partition coefficient (Wildman–Crippen LogP) is 0.430. The Morgan fingerprint density at radius 3 is 2.62 bits per heavy atom. The summed E-state index contributed by atoms with van der Waals surface area (Å²) in [6, 6.07) is 0. The van der Waals surface area contributed by atoms with Crippen molar-refractivity contribution in [2.75, 3.05) is 13.2 Å². The predicted molar refractivity (Wildman–Crippen MR) is 50.2 cm³/mol. The van der Waals surface area contributed by atoms with Gasteiger partial charge in [0.05, 0.1) is 6.61 Å². The van der Waals surface area contributed by atoms with Crippen LogP contribution < -0.4 is 5.73 Å². The maximum Gasteiger partial charge on any atom is 0.339 e. The van der Waals surface area contributed by atoms with Gasteiger partial charge in [-0.25, -0.2) is 4.79 Å². The normalized spacial score (nSPS) is 15.1. The number of nitrogens with two attached hydrogens (primary N) is 1. The zero-order chi connectivity index (χ0) is 10.3. The molecule has 0 bridgehead atoms. The average Bonchev–Trinajstić information content (AvgIpc) is 2.12. The Labute approximate surface area is 79.1 Å². The van der Waals surface area contributed by atoms with E-state index < -0.39 is 11.6 Å². The molecule has 1 atom stereocenters. The summed E-state index contributed by atoms with van der Waals surface area (Å²) in [5, 5.41) is 9.35. The number of hydrogen-bond acceptors (Lipinski definition) is 4. The summed E-state index contributed by atoms with van der Waals surface area (Å²) in [7, 11) is 0. The van der Waals surface area contributed by atoms with Crippen molar-refractivity contribution in [1.82, 2.24) is 0 Å². The van der Waals surface area contributed by atoms with Gasteiger partial charge in [0.2, 0.25) is 0 Å². The molecule has 0 aromatic heterocycles. The molecular formula is C9H19NO3. The fraction of sp³-hybridized carbons (Fsp3) is 0.889. The van der Waals surface area contributed by atoms with E-state index in [1.54, 1.807) is 0 Å². The Morgan fingerprint density at radius 2 is 2.15 bits per heavy atom. The maximum absolute atomic E-state index is 11.1. The third kappa shape index (κ3) is 4.85. The second-order valence-electron chi connectivity index (χ2n) is 3.32. The topological polar surface area (TPSA) is 72.5 Å². The van der Waals surface area contributed by atoms with Crippen LogP contribution in [-0.2, 0) is 9.53 Å². The van der Waals surface area contributed by atoms with Gasteiger partial charge in [0, 0.05) is 6.54 Å². The summed E-state index contributed by atoms with van der Waals surface area (Å²) in [6.07, 6.45) is 2.94. The highest BCUT2D eigenvalue weighted by Gasteiger charge is 2.29. The lowest BCUT2D eigenvalue weighted by Gasteiger charge is -2.18. The van der Waals surface area contributed by atoms with E-state index >= 15 is 0 Å². The zero-order valence-corrected chi connectivity index (χ0v) is 8.38. The lowest BCUT2D eigenvalue weighted by atomic mass is 10.1. The SMILES string of the molecule is CCCCCOC(=O)C(C)(O)CN. The molecule has 0 amide bonds. The average molecular weight is 189 g/mol. The van der Waals surface area contributed by atoms with E-state index in [9.17, 15) is 9.90 Å². The molecule has 0 aliphatic rings. The molecule has 0 spiro atoms. The minimum Gasteiger partial charge on any atom is -0.464 e. The van der Waals surface area contributed by atoms with Crippen LogP contribution in [0.3, 0.4) is 0 Å². The lowest BCUT2D eigenvalue weighted by molar-refractivity contribution is -0.162. The number of carbonyl (C=O) groups excluding carboxylic acids is 1. The Morgan fingerprint density at radius 1 is 1.54 bits per heavy atom. The van der Waals surface area contributed by atoms with Gasteiger partial charge in [-0.1, -0.05) is 19.8 Å². The monoisotopic (exact) mass is 189 g/mol. The van der Waals surface area contributed by atoms with E-state index in [1.807, 2.05) is 0 Å². The number of esters is 1. The zero-order valence-electron chi connectivity index (χ0n) is 8.38. The van der Waals surface area contributed by atoms with Crippen molar-refractivity contribution >= 4 is 5.97 Å². The van der Waals surface area contributed by atoms with Gasteiger partial charge in [-0.2, -0.15) is 0 Å². The summed E-state index contributed by atoms with van der Waals surface area (Å²) >= 11 is 0. The molecule has 4 heteroatoms. The summed E-state index contributed by atoms with van der Waals surface area (Å²) in [6.45, 7) is 3.68. The van der Waals surface area contributed by atoms with Gasteiger partial charge in [0.15, 0.2) is 5.60 Å². The lowest BCUT2D eigenvalue weighted by Crippen LogP contribution is -2.43. The molecule has 13 heavy (non-hydrogen) atoms. The highest BCUT2D eigenvalue weighted by atomic mass is 16.5. The second kappa shape index (κ2) is 5.94. The number of hydrogen-bond donors (Lipinski definition) is 2.